The third-order valence-corrected chi connectivity index (χ3v) is 10.4. The van der Waals surface area contributed by atoms with Crippen LogP contribution in [0.15, 0.2) is 66.9 Å². The van der Waals surface area contributed by atoms with Crippen molar-refractivity contribution in [3.05, 3.63) is 89.2 Å². The fourth-order valence-electron chi connectivity index (χ4n) is 7.44. The molecule has 16 heteroatoms. The van der Waals surface area contributed by atoms with Gasteiger partial charge < -0.3 is 30.2 Å². The molecule has 3 aromatic rings. The Morgan fingerprint density at radius 3 is 1.96 bits per heavy atom. The number of halogens is 6. The normalized spacial score (nSPS) is 19.5. The van der Waals surface area contributed by atoms with Crippen molar-refractivity contribution in [2.75, 3.05) is 19.6 Å². The number of pyridine rings is 1. The molecule has 2 amide bonds. The van der Waals surface area contributed by atoms with Crippen LogP contribution in [0.1, 0.15) is 105 Å². The molecule has 1 saturated carbocycles. The second-order valence-electron chi connectivity index (χ2n) is 14.4. The largest absolute Gasteiger partial charge is 0.508 e. The topological polar surface area (TPSA) is 152 Å². The number of likely N-dealkylation sites (tertiary alicyclic amines) is 2. The average molecular weight is 812 g/mol. The summed E-state index contributed by atoms with van der Waals surface area (Å²) in [6.07, 6.45) is 0.710. The van der Waals surface area contributed by atoms with Gasteiger partial charge in [-0.2, -0.15) is 26.3 Å². The number of phenolic OH excluding ortho intramolecular Hbond substituents is 2. The van der Waals surface area contributed by atoms with E-state index in [1.54, 1.807) is 23.1 Å². The van der Waals surface area contributed by atoms with Gasteiger partial charge in [0.05, 0.1) is 22.6 Å². The number of piperidine rings is 2. The van der Waals surface area contributed by atoms with Gasteiger partial charge in [0, 0.05) is 37.4 Å². The Morgan fingerprint density at radius 1 is 0.860 bits per heavy atom. The lowest BCUT2D eigenvalue weighted by Crippen LogP contribution is -2.55. The maximum Gasteiger partial charge on any atom is 0.418 e. The van der Waals surface area contributed by atoms with E-state index in [2.05, 4.69) is 11.9 Å². The highest BCUT2D eigenvalue weighted by atomic mass is 19.4. The summed E-state index contributed by atoms with van der Waals surface area (Å²) in [5.74, 6) is -0.638. The van der Waals surface area contributed by atoms with Crippen LogP contribution >= 0.6 is 0 Å². The summed E-state index contributed by atoms with van der Waals surface area (Å²) in [5, 5.41) is 36.9. The van der Waals surface area contributed by atoms with E-state index in [0.717, 1.165) is 42.3 Å². The number of hydrogen-bond donors (Lipinski definition) is 4. The van der Waals surface area contributed by atoms with Gasteiger partial charge >= 0.3 is 12.4 Å². The summed E-state index contributed by atoms with van der Waals surface area (Å²) in [5.41, 5.74) is -3.31. The van der Waals surface area contributed by atoms with Crippen LogP contribution < -0.4 is 0 Å². The van der Waals surface area contributed by atoms with Crippen LogP contribution in [0.25, 0.3) is 0 Å². The first-order chi connectivity index (χ1) is 26.9. The minimum atomic E-state index is -4.72. The molecule has 314 valence electrons. The molecule has 0 spiro atoms. The number of para-hydroxylation sites is 1. The van der Waals surface area contributed by atoms with E-state index in [-0.39, 0.29) is 56.4 Å². The lowest BCUT2D eigenvalue weighted by atomic mass is 9.81. The predicted octanol–water partition coefficient (Wildman–Crippen LogP) is 8.65. The maximum absolute atomic E-state index is 13.6. The summed E-state index contributed by atoms with van der Waals surface area (Å²) in [6.45, 7) is 4.80. The van der Waals surface area contributed by atoms with Gasteiger partial charge in [-0.05, 0) is 80.5 Å². The van der Waals surface area contributed by atoms with E-state index >= 15 is 0 Å². The molecule has 3 aliphatic rings. The number of rotatable bonds is 5. The van der Waals surface area contributed by atoms with Crippen molar-refractivity contribution in [2.45, 2.75) is 102 Å². The minimum absolute atomic E-state index is 0.00182. The molecule has 6 rings (SSSR count). The molecule has 2 aromatic carbocycles. The first-order valence-electron chi connectivity index (χ1n) is 18.9. The summed E-state index contributed by atoms with van der Waals surface area (Å²) < 4.78 is 76.2. The second kappa shape index (κ2) is 21.1. The second-order valence-corrected chi connectivity index (χ2v) is 14.4. The molecule has 2 atom stereocenters. The van der Waals surface area contributed by atoms with Crippen molar-refractivity contribution in [1.82, 2.24) is 14.8 Å². The van der Waals surface area contributed by atoms with Crippen molar-refractivity contribution in [3.63, 3.8) is 0 Å². The number of carbonyl (C=O) groups excluding carboxylic acids is 2. The smallest absolute Gasteiger partial charge is 0.418 e. The van der Waals surface area contributed by atoms with Crippen molar-refractivity contribution < 1.29 is 61.2 Å². The van der Waals surface area contributed by atoms with Crippen LogP contribution in [0.5, 0.6) is 11.5 Å². The third-order valence-electron chi connectivity index (χ3n) is 10.4. The van der Waals surface area contributed by atoms with Gasteiger partial charge in [0.1, 0.15) is 17.2 Å². The Morgan fingerprint density at radius 2 is 1.46 bits per heavy atom. The number of alkyl halides is 6. The number of aromatic nitrogens is 1. The molecule has 3 heterocycles. The van der Waals surface area contributed by atoms with Gasteiger partial charge in [-0.3, -0.25) is 19.4 Å². The van der Waals surface area contributed by atoms with Crippen LogP contribution in [0.3, 0.4) is 0 Å². The Balaban J connectivity index is 0.000000353. The molecule has 57 heavy (non-hydrogen) atoms. The molecule has 4 N–H and O–H groups in total. The number of aliphatic hydroxyl groups is 1. The summed E-state index contributed by atoms with van der Waals surface area (Å²) in [6, 6.07) is 11.7. The van der Waals surface area contributed by atoms with Crippen LogP contribution in [-0.2, 0) is 27.5 Å². The van der Waals surface area contributed by atoms with E-state index < -0.39 is 52.6 Å². The molecule has 0 radical (unpaired) electrons. The number of aromatic hydroxyl groups is 2. The SMILES string of the molecule is CC1CCCC1.CCCC1C(C(=O)N2CCC(O)(c3ccccc3O)CC2)CCCN1C(=O)c1ncccc1C(F)(F)F.O=CO.Oc1ccc(C(F)(F)F)cc1. The summed E-state index contributed by atoms with van der Waals surface area (Å²) in [7, 11) is 0. The van der Waals surface area contributed by atoms with E-state index in [0.29, 0.717) is 31.2 Å². The Kier molecular flexibility index (Phi) is 17.2. The highest BCUT2D eigenvalue weighted by molar-refractivity contribution is 5.95. The number of benzene rings is 2. The Labute approximate surface area is 328 Å². The zero-order chi connectivity index (χ0) is 42.4. The molecule has 3 fully saturated rings. The van der Waals surface area contributed by atoms with E-state index in [9.17, 15) is 46.1 Å². The van der Waals surface area contributed by atoms with Gasteiger partial charge in [-0.25, -0.2) is 0 Å². The number of nitrogens with zero attached hydrogens (tertiary/aromatic N) is 3. The molecule has 2 saturated heterocycles. The summed E-state index contributed by atoms with van der Waals surface area (Å²) in [4.78, 5) is 42.2. The van der Waals surface area contributed by atoms with Crippen LogP contribution in [0, 0.1) is 11.8 Å². The number of hydrogen-bond acceptors (Lipinski definition) is 7. The highest BCUT2D eigenvalue weighted by Crippen LogP contribution is 2.39. The number of phenols is 2. The molecular formula is C41H51F6N3O7. The Hall–Kier alpha value is -4.86. The van der Waals surface area contributed by atoms with Gasteiger partial charge in [0.15, 0.2) is 0 Å². The standard InChI is InChI=1S/C27H32F3N3O4.C7H5F3O.C6H12.CH2O2/c1-2-7-21-18(8-6-15-33(21)25(36)23-20(27(28,29)30)10-5-14-31-23)24(35)32-16-12-26(37,13-17-32)19-9-3-4-11-22(19)34;8-7(9,10)5-1-3-6(11)4-2-5;1-6-4-2-3-5-6;2-1-3/h3-5,9-11,14,18,21,34,37H,2,6-8,12-13,15-17H2,1H3;1-4,11H;6H,2-5H2,1H3;1H,(H,2,3). The van der Waals surface area contributed by atoms with Crippen molar-refractivity contribution >= 4 is 18.3 Å². The first-order valence-corrected chi connectivity index (χ1v) is 18.9. The Bertz CT molecular complexity index is 1720. The molecule has 1 aromatic heterocycles. The van der Waals surface area contributed by atoms with E-state index in [4.69, 9.17) is 15.0 Å². The zero-order valence-electron chi connectivity index (χ0n) is 32.0. The van der Waals surface area contributed by atoms with Gasteiger partial charge in [0.25, 0.3) is 12.4 Å². The van der Waals surface area contributed by atoms with Crippen molar-refractivity contribution in [2.24, 2.45) is 11.8 Å². The number of amides is 2. The highest BCUT2D eigenvalue weighted by Gasteiger charge is 2.45. The quantitative estimate of drug-likeness (QED) is 0.148. The fraction of sp³-hybridized carbons (Fsp3) is 0.512. The lowest BCUT2D eigenvalue weighted by molar-refractivity contribution is -0.144. The number of carbonyl (C=O) groups is 3. The molecule has 2 unspecified atom stereocenters. The zero-order valence-corrected chi connectivity index (χ0v) is 32.0. The lowest BCUT2D eigenvalue weighted by Gasteiger charge is -2.44. The van der Waals surface area contributed by atoms with Crippen molar-refractivity contribution in [1.29, 1.82) is 0 Å². The number of carboxylic acid groups (broad SMARTS) is 1. The van der Waals surface area contributed by atoms with Crippen LogP contribution in [0.4, 0.5) is 26.3 Å². The van der Waals surface area contributed by atoms with E-state index in [1.807, 2.05) is 6.92 Å². The molecule has 2 aliphatic heterocycles. The molecule has 0 bridgehead atoms. The fourth-order valence-corrected chi connectivity index (χ4v) is 7.44. The van der Waals surface area contributed by atoms with Crippen LogP contribution in [0.2, 0.25) is 0 Å². The first kappa shape index (κ1) is 46.5. The van der Waals surface area contributed by atoms with Crippen molar-refractivity contribution in [3.8, 4) is 11.5 Å². The van der Waals surface area contributed by atoms with Gasteiger partial charge in [-0.1, -0.05) is 64.2 Å². The maximum atomic E-state index is 13.6. The molecule has 10 nitrogen and oxygen atoms in total. The third kappa shape index (κ3) is 13.1. The average Bonchev–Trinajstić information content (AvgIpc) is 3.66. The predicted molar refractivity (Wildman–Crippen MR) is 199 cm³/mol. The minimum Gasteiger partial charge on any atom is -0.508 e. The summed E-state index contributed by atoms with van der Waals surface area (Å²) >= 11 is 0. The monoisotopic (exact) mass is 811 g/mol. The molecular weight excluding hydrogens is 760 g/mol. The molecule has 1 aliphatic carbocycles. The van der Waals surface area contributed by atoms with Gasteiger partial charge in [0.2, 0.25) is 5.91 Å². The van der Waals surface area contributed by atoms with Gasteiger partial charge in [-0.15, -0.1) is 0 Å². The van der Waals surface area contributed by atoms with E-state index in [1.165, 1.54) is 42.8 Å². The van der Waals surface area contributed by atoms with Crippen LogP contribution in [-0.4, -0.2) is 79.2 Å².